The third kappa shape index (κ3) is 5.19. The maximum atomic E-state index is 12.4. The highest BCUT2D eigenvalue weighted by Gasteiger charge is 2.33. The lowest BCUT2D eigenvalue weighted by atomic mass is 10.1. The second-order valence-corrected chi connectivity index (χ2v) is 9.40. The molecule has 138 valence electrons. The molecular formula is C17H30N2O4S. The first-order valence-electron chi connectivity index (χ1n) is 9.03. The first-order chi connectivity index (χ1) is 11.3. The molecule has 0 aromatic heterocycles. The Morgan fingerprint density at radius 3 is 2.12 bits per heavy atom. The summed E-state index contributed by atoms with van der Waals surface area (Å²) >= 11 is 0. The molecule has 0 radical (unpaired) electrons. The molecule has 1 saturated carbocycles. The lowest BCUT2D eigenvalue weighted by Gasteiger charge is -2.31. The van der Waals surface area contributed by atoms with Crippen LogP contribution in [0.5, 0.6) is 0 Å². The molecule has 0 spiro atoms. The number of nitrogens with zero attached hydrogens (tertiary/aromatic N) is 2. The molecule has 1 atom stereocenters. The van der Waals surface area contributed by atoms with E-state index in [0.717, 1.165) is 25.7 Å². The molecule has 1 aliphatic heterocycles. The van der Waals surface area contributed by atoms with Gasteiger partial charge in [-0.05, 0) is 19.3 Å². The van der Waals surface area contributed by atoms with Crippen LogP contribution in [0, 0.1) is 0 Å². The van der Waals surface area contributed by atoms with E-state index in [-0.39, 0.29) is 41.8 Å². The van der Waals surface area contributed by atoms with E-state index < -0.39 is 9.84 Å². The van der Waals surface area contributed by atoms with Gasteiger partial charge in [0.25, 0.3) is 0 Å². The van der Waals surface area contributed by atoms with E-state index in [1.54, 1.807) is 18.9 Å². The zero-order chi connectivity index (χ0) is 17.7. The summed E-state index contributed by atoms with van der Waals surface area (Å²) in [7, 11) is -1.32. The summed E-state index contributed by atoms with van der Waals surface area (Å²) in [6.07, 6.45) is 7.55. The number of carbonyl (C=O) groups is 2. The SMILES string of the molecule is CC(=O)N(CCC(=O)N(C)C1CCS(=O)(=O)C1)C1CCCCCC1. The number of carbonyl (C=O) groups excluding carboxylic acids is 2. The van der Waals surface area contributed by atoms with Crippen molar-refractivity contribution in [3.05, 3.63) is 0 Å². The third-order valence-electron chi connectivity index (χ3n) is 5.39. The van der Waals surface area contributed by atoms with Gasteiger partial charge in [0.1, 0.15) is 0 Å². The fourth-order valence-corrected chi connectivity index (χ4v) is 5.62. The van der Waals surface area contributed by atoms with Gasteiger partial charge in [0, 0.05) is 39.0 Å². The molecule has 6 nitrogen and oxygen atoms in total. The predicted octanol–water partition coefficient (Wildman–Crippen LogP) is 1.59. The minimum Gasteiger partial charge on any atom is -0.342 e. The zero-order valence-electron chi connectivity index (χ0n) is 14.9. The van der Waals surface area contributed by atoms with Gasteiger partial charge in [0.05, 0.1) is 11.5 Å². The Labute approximate surface area is 145 Å². The van der Waals surface area contributed by atoms with Crippen LogP contribution in [0.25, 0.3) is 0 Å². The molecule has 0 aromatic rings. The quantitative estimate of drug-likeness (QED) is 0.700. The Morgan fingerprint density at radius 1 is 1.00 bits per heavy atom. The molecule has 2 fully saturated rings. The fourth-order valence-electron chi connectivity index (χ4n) is 3.84. The van der Waals surface area contributed by atoms with Crippen LogP contribution in [-0.2, 0) is 19.4 Å². The number of rotatable bonds is 5. The lowest BCUT2D eigenvalue weighted by molar-refractivity contribution is -0.135. The zero-order valence-corrected chi connectivity index (χ0v) is 15.7. The van der Waals surface area contributed by atoms with Gasteiger partial charge < -0.3 is 9.80 Å². The molecule has 1 heterocycles. The van der Waals surface area contributed by atoms with Crippen LogP contribution in [0.4, 0.5) is 0 Å². The minimum atomic E-state index is -3.00. The molecule has 0 N–H and O–H groups in total. The van der Waals surface area contributed by atoms with Crippen molar-refractivity contribution in [1.29, 1.82) is 0 Å². The van der Waals surface area contributed by atoms with Gasteiger partial charge in [-0.25, -0.2) is 8.42 Å². The van der Waals surface area contributed by atoms with Crippen molar-refractivity contribution in [2.45, 2.75) is 70.4 Å². The Kier molecular flexibility index (Phi) is 6.66. The van der Waals surface area contributed by atoms with E-state index >= 15 is 0 Å². The molecule has 2 aliphatic rings. The highest BCUT2D eigenvalue weighted by atomic mass is 32.2. The topological polar surface area (TPSA) is 74.8 Å². The maximum absolute atomic E-state index is 12.4. The van der Waals surface area contributed by atoms with E-state index in [2.05, 4.69) is 0 Å². The van der Waals surface area contributed by atoms with Crippen molar-refractivity contribution in [3.63, 3.8) is 0 Å². The number of sulfone groups is 1. The van der Waals surface area contributed by atoms with Crippen LogP contribution in [0.3, 0.4) is 0 Å². The Bertz CT molecular complexity index is 553. The van der Waals surface area contributed by atoms with Crippen molar-refractivity contribution in [3.8, 4) is 0 Å². The van der Waals surface area contributed by atoms with Crippen molar-refractivity contribution >= 4 is 21.7 Å². The summed E-state index contributed by atoms with van der Waals surface area (Å²) in [6.45, 7) is 2.01. The maximum Gasteiger partial charge on any atom is 0.224 e. The van der Waals surface area contributed by atoms with Gasteiger partial charge in [-0.1, -0.05) is 25.7 Å². The first-order valence-corrected chi connectivity index (χ1v) is 10.9. The van der Waals surface area contributed by atoms with Crippen molar-refractivity contribution in [2.75, 3.05) is 25.1 Å². The van der Waals surface area contributed by atoms with E-state index in [0.29, 0.717) is 13.0 Å². The second-order valence-electron chi connectivity index (χ2n) is 7.17. The Morgan fingerprint density at radius 2 is 1.62 bits per heavy atom. The first kappa shape index (κ1) is 19.2. The largest absolute Gasteiger partial charge is 0.342 e. The van der Waals surface area contributed by atoms with Gasteiger partial charge in [0.2, 0.25) is 11.8 Å². The molecule has 0 aromatic carbocycles. The van der Waals surface area contributed by atoms with Gasteiger partial charge >= 0.3 is 0 Å². The van der Waals surface area contributed by atoms with Gasteiger partial charge in [0.15, 0.2) is 9.84 Å². The summed E-state index contributed by atoms with van der Waals surface area (Å²) < 4.78 is 23.1. The van der Waals surface area contributed by atoms with Gasteiger partial charge in [-0.2, -0.15) is 0 Å². The number of amides is 2. The van der Waals surface area contributed by atoms with Crippen molar-refractivity contribution in [2.24, 2.45) is 0 Å². The van der Waals surface area contributed by atoms with E-state index in [1.807, 2.05) is 4.90 Å². The molecule has 1 unspecified atom stereocenters. The van der Waals surface area contributed by atoms with Crippen LogP contribution >= 0.6 is 0 Å². The summed E-state index contributed by atoms with van der Waals surface area (Å²) in [5.74, 6) is 0.184. The molecule has 0 bridgehead atoms. The molecule has 24 heavy (non-hydrogen) atoms. The highest BCUT2D eigenvalue weighted by molar-refractivity contribution is 7.91. The minimum absolute atomic E-state index is 0.0285. The number of hydrogen-bond donors (Lipinski definition) is 0. The van der Waals surface area contributed by atoms with Crippen molar-refractivity contribution in [1.82, 2.24) is 9.80 Å². The lowest BCUT2D eigenvalue weighted by Crippen LogP contribution is -2.43. The normalized spacial score (nSPS) is 24.3. The van der Waals surface area contributed by atoms with E-state index in [1.165, 1.54) is 12.8 Å². The Balaban J connectivity index is 1.88. The fraction of sp³-hybridized carbons (Fsp3) is 0.882. The van der Waals surface area contributed by atoms with E-state index in [9.17, 15) is 18.0 Å². The molecule has 1 aliphatic carbocycles. The molecule has 2 amide bonds. The Hall–Kier alpha value is -1.11. The smallest absolute Gasteiger partial charge is 0.224 e. The molecule has 2 rings (SSSR count). The monoisotopic (exact) mass is 358 g/mol. The second kappa shape index (κ2) is 8.32. The highest BCUT2D eigenvalue weighted by Crippen LogP contribution is 2.23. The third-order valence-corrected chi connectivity index (χ3v) is 7.14. The van der Waals surface area contributed by atoms with Crippen LogP contribution in [-0.4, -0.2) is 67.2 Å². The van der Waals surface area contributed by atoms with Crippen LogP contribution < -0.4 is 0 Å². The average molecular weight is 359 g/mol. The molecule has 7 heteroatoms. The van der Waals surface area contributed by atoms with Crippen LogP contribution in [0.15, 0.2) is 0 Å². The number of hydrogen-bond acceptors (Lipinski definition) is 4. The molecule has 1 saturated heterocycles. The standard InChI is InChI=1S/C17H30N2O4S/c1-14(20)19(15-7-5-3-4-6-8-15)11-9-17(21)18(2)16-10-12-24(22,23)13-16/h15-16H,3-13H2,1-2H3. The van der Waals surface area contributed by atoms with Crippen LogP contribution in [0.1, 0.15) is 58.3 Å². The summed E-state index contributed by atoms with van der Waals surface area (Å²) in [4.78, 5) is 27.8. The van der Waals surface area contributed by atoms with Gasteiger partial charge in [-0.15, -0.1) is 0 Å². The van der Waals surface area contributed by atoms with Gasteiger partial charge in [-0.3, -0.25) is 9.59 Å². The summed E-state index contributed by atoms with van der Waals surface area (Å²) in [5, 5.41) is 0. The van der Waals surface area contributed by atoms with Crippen molar-refractivity contribution < 1.29 is 18.0 Å². The summed E-state index contributed by atoms with van der Waals surface area (Å²) in [6, 6.07) is 0.0288. The summed E-state index contributed by atoms with van der Waals surface area (Å²) in [5.41, 5.74) is 0. The average Bonchev–Trinajstić information content (AvgIpc) is 2.73. The molecular weight excluding hydrogens is 328 g/mol. The van der Waals surface area contributed by atoms with Crippen LogP contribution in [0.2, 0.25) is 0 Å². The predicted molar refractivity (Wildman–Crippen MR) is 93.3 cm³/mol. The van der Waals surface area contributed by atoms with E-state index in [4.69, 9.17) is 0 Å².